The van der Waals surface area contributed by atoms with E-state index in [-0.39, 0.29) is 24.5 Å². The number of carbonyl (C=O) groups is 1. The number of aliphatic imine (C=N–C) groups is 1. The van der Waals surface area contributed by atoms with Gasteiger partial charge < -0.3 is 4.90 Å². The van der Waals surface area contributed by atoms with E-state index in [1.807, 2.05) is 16.7 Å². The van der Waals surface area contributed by atoms with Crippen LogP contribution in [0.25, 0.3) is 0 Å². The van der Waals surface area contributed by atoms with Gasteiger partial charge in [0, 0.05) is 24.9 Å². The zero-order valence-corrected chi connectivity index (χ0v) is 19.0. The van der Waals surface area contributed by atoms with Crippen LogP contribution >= 0.6 is 24.2 Å². The molecule has 1 aromatic carbocycles. The number of benzene rings is 1. The fourth-order valence-corrected chi connectivity index (χ4v) is 5.21. The van der Waals surface area contributed by atoms with Crippen molar-refractivity contribution in [1.82, 2.24) is 4.90 Å². The Bertz CT molecular complexity index is 658. The lowest BCUT2D eigenvalue weighted by Crippen LogP contribution is -2.50. The number of anilines is 1. The Balaban J connectivity index is 0.00000280. The van der Waals surface area contributed by atoms with Crippen molar-refractivity contribution in [2.75, 3.05) is 17.2 Å². The fourth-order valence-electron chi connectivity index (χ4n) is 3.98. The van der Waals surface area contributed by atoms with Crippen LogP contribution in [-0.4, -0.2) is 40.5 Å². The van der Waals surface area contributed by atoms with Gasteiger partial charge in [0.25, 0.3) is 0 Å². The normalized spacial score (nSPS) is 21.6. The van der Waals surface area contributed by atoms with Crippen LogP contribution in [0.3, 0.4) is 0 Å². The first kappa shape index (κ1) is 23.1. The molecule has 1 aliphatic heterocycles. The summed E-state index contributed by atoms with van der Waals surface area (Å²) >= 11 is 1.83. The van der Waals surface area contributed by atoms with Crippen LogP contribution < -0.4 is 4.90 Å². The first-order valence-electron chi connectivity index (χ1n) is 10.4. The molecule has 156 valence electrons. The maximum Gasteiger partial charge on any atom is 0.225 e. The van der Waals surface area contributed by atoms with Crippen LogP contribution in [0.15, 0.2) is 29.3 Å². The molecule has 0 aromatic heterocycles. The third-order valence-corrected chi connectivity index (χ3v) is 6.60. The standard InChI is InChI=1S/C22H33N3OS.ClH/c1-4-5-15-24-21(16-27-22(24)23-19-9-7-6-8-10-19)25(18(3)26)20-13-11-17(2)12-14-20;/h11-14,19,21H,4-10,15-16H2,1-3H3;1H. The molecule has 1 aliphatic carbocycles. The van der Waals surface area contributed by atoms with E-state index in [4.69, 9.17) is 4.99 Å². The van der Waals surface area contributed by atoms with Crippen LogP contribution in [0.4, 0.5) is 5.69 Å². The van der Waals surface area contributed by atoms with Gasteiger partial charge >= 0.3 is 0 Å². The zero-order valence-electron chi connectivity index (χ0n) is 17.4. The summed E-state index contributed by atoms with van der Waals surface area (Å²) in [7, 11) is 0. The molecule has 6 heteroatoms. The van der Waals surface area contributed by atoms with Crippen molar-refractivity contribution in [3.8, 4) is 0 Å². The van der Waals surface area contributed by atoms with Crippen LogP contribution in [0, 0.1) is 6.92 Å². The predicted molar refractivity (Wildman–Crippen MR) is 124 cm³/mol. The number of amides is 1. The van der Waals surface area contributed by atoms with E-state index >= 15 is 0 Å². The number of halogens is 1. The topological polar surface area (TPSA) is 35.9 Å². The summed E-state index contributed by atoms with van der Waals surface area (Å²) in [4.78, 5) is 22.1. The molecule has 3 rings (SSSR count). The number of hydrogen-bond acceptors (Lipinski definition) is 3. The molecular formula is C22H34ClN3OS. The van der Waals surface area contributed by atoms with Gasteiger partial charge in [0.15, 0.2) is 5.17 Å². The van der Waals surface area contributed by atoms with Crippen molar-refractivity contribution >= 4 is 40.9 Å². The molecule has 0 radical (unpaired) electrons. The fraction of sp³-hybridized carbons (Fsp3) is 0.636. The SMILES string of the molecule is CCCCN1C(=NC2CCCCC2)SCC1N(C(C)=O)c1ccc(C)cc1.Cl. The first-order chi connectivity index (χ1) is 13.1. The van der Waals surface area contributed by atoms with Gasteiger partial charge in [-0.3, -0.25) is 14.7 Å². The van der Waals surface area contributed by atoms with Crippen molar-refractivity contribution in [1.29, 1.82) is 0 Å². The van der Waals surface area contributed by atoms with Gasteiger partial charge in [0.1, 0.15) is 6.17 Å². The predicted octanol–water partition coefficient (Wildman–Crippen LogP) is 5.63. The molecule has 2 fully saturated rings. The number of unbranched alkanes of at least 4 members (excludes halogenated alkanes) is 1. The van der Waals surface area contributed by atoms with Gasteiger partial charge in [-0.2, -0.15) is 0 Å². The smallest absolute Gasteiger partial charge is 0.225 e. The van der Waals surface area contributed by atoms with Crippen LogP contribution in [0.1, 0.15) is 64.4 Å². The number of rotatable bonds is 6. The molecule has 28 heavy (non-hydrogen) atoms. The van der Waals surface area contributed by atoms with Crippen LogP contribution in [0.5, 0.6) is 0 Å². The number of nitrogens with zero attached hydrogens (tertiary/aromatic N) is 3. The van der Waals surface area contributed by atoms with Gasteiger partial charge in [-0.05, 0) is 38.3 Å². The van der Waals surface area contributed by atoms with Crippen molar-refractivity contribution in [3.63, 3.8) is 0 Å². The average molecular weight is 424 g/mol. The van der Waals surface area contributed by atoms with Gasteiger partial charge in [0.2, 0.25) is 5.91 Å². The van der Waals surface area contributed by atoms with Crippen molar-refractivity contribution in [3.05, 3.63) is 29.8 Å². The Hall–Kier alpha value is -1.20. The first-order valence-corrected chi connectivity index (χ1v) is 11.4. The minimum atomic E-state index is 0. The highest BCUT2D eigenvalue weighted by atomic mass is 35.5. The molecule has 1 aromatic rings. The summed E-state index contributed by atoms with van der Waals surface area (Å²) < 4.78 is 0. The minimum absolute atomic E-state index is 0. The van der Waals surface area contributed by atoms with Gasteiger partial charge in [0.05, 0.1) is 6.04 Å². The Labute approximate surface area is 180 Å². The second kappa shape index (κ2) is 11.1. The number of carbonyl (C=O) groups excluding carboxylic acids is 1. The van der Waals surface area contributed by atoms with E-state index in [1.54, 1.807) is 6.92 Å². The van der Waals surface area contributed by atoms with Crippen molar-refractivity contribution < 1.29 is 4.79 Å². The largest absolute Gasteiger partial charge is 0.330 e. The highest BCUT2D eigenvalue weighted by Crippen LogP contribution is 2.32. The third-order valence-electron chi connectivity index (χ3n) is 5.54. The quantitative estimate of drug-likeness (QED) is 0.594. The van der Waals surface area contributed by atoms with E-state index in [9.17, 15) is 4.79 Å². The lowest BCUT2D eigenvalue weighted by Gasteiger charge is -2.35. The lowest BCUT2D eigenvalue weighted by atomic mass is 9.96. The molecule has 0 spiro atoms. The Morgan fingerprint density at radius 2 is 1.89 bits per heavy atom. The molecular weight excluding hydrogens is 390 g/mol. The maximum atomic E-state index is 12.6. The average Bonchev–Trinajstić information content (AvgIpc) is 3.04. The van der Waals surface area contributed by atoms with Crippen LogP contribution in [0.2, 0.25) is 0 Å². The molecule has 2 aliphatic rings. The second-order valence-corrected chi connectivity index (χ2v) is 8.75. The molecule has 0 bridgehead atoms. The Kier molecular flexibility index (Phi) is 9.16. The van der Waals surface area contributed by atoms with Gasteiger partial charge in [-0.1, -0.05) is 62.1 Å². The molecule has 0 N–H and O–H groups in total. The Morgan fingerprint density at radius 3 is 2.50 bits per heavy atom. The molecule has 1 saturated carbocycles. The molecule has 4 nitrogen and oxygen atoms in total. The third kappa shape index (κ3) is 5.66. The van der Waals surface area contributed by atoms with E-state index in [2.05, 4.69) is 43.0 Å². The molecule has 1 amide bonds. The molecule has 1 unspecified atom stereocenters. The summed E-state index contributed by atoms with van der Waals surface area (Å²) in [6.07, 6.45) is 8.71. The summed E-state index contributed by atoms with van der Waals surface area (Å²) in [5.74, 6) is 0.993. The summed E-state index contributed by atoms with van der Waals surface area (Å²) in [6, 6.07) is 8.77. The van der Waals surface area contributed by atoms with E-state index in [0.29, 0.717) is 6.04 Å². The molecule has 1 heterocycles. The Morgan fingerprint density at radius 1 is 1.21 bits per heavy atom. The second-order valence-electron chi connectivity index (χ2n) is 7.77. The number of aryl methyl sites for hydroxylation is 1. The van der Waals surface area contributed by atoms with Crippen LogP contribution in [-0.2, 0) is 4.79 Å². The lowest BCUT2D eigenvalue weighted by molar-refractivity contribution is -0.117. The van der Waals surface area contributed by atoms with Crippen molar-refractivity contribution in [2.45, 2.75) is 77.9 Å². The van der Waals surface area contributed by atoms with E-state index < -0.39 is 0 Å². The molecule has 1 atom stereocenters. The zero-order chi connectivity index (χ0) is 19.2. The summed E-state index contributed by atoms with van der Waals surface area (Å²) in [6.45, 7) is 6.95. The monoisotopic (exact) mass is 423 g/mol. The number of hydrogen-bond donors (Lipinski definition) is 0. The molecule has 1 saturated heterocycles. The number of thioether (sulfide) groups is 1. The van der Waals surface area contributed by atoms with E-state index in [1.165, 1.54) is 37.7 Å². The van der Waals surface area contributed by atoms with Gasteiger partial charge in [-0.25, -0.2) is 0 Å². The minimum Gasteiger partial charge on any atom is -0.330 e. The maximum absolute atomic E-state index is 12.6. The number of amidine groups is 1. The van der Waals surface area contributed by atoms with E-state index in [0.717, 1.165) is 36.0 Å². The summed E-state index contributed by atoms with van der Waals surface area (Å²) in [5, 5.41) is 1.15. The van der Waals surface area contributed by atoms with Crippen molar-refractivity contribution in [2.24, 2.45) is 4.99 Å². The van der Waals surface area contributed by atoms with Gasteiger partial charge in [-0.15, -0.1) is 12.4 Å². The highest BCUT2D eigenvalue weighted by Gasteiger charge is 2.36. The summed E-state index contributed by atoms with van der Waals surface area (Å²) in [5.41, 5.74) is 2.20. The highest BCUT2D eigenvalue weighted by molar-refractivity contribution is 8.14.